The van der Waals surface area contributed by atoms with Gasteiger partial charge in [0.05, 0.1) is 10.7 Å². The molecule has 0 radical (unpaired) electrons. The molecule has 9 nitrogen and oxygen atoms in total. The van der Waals surface area contributed by atoms with Crippen LogP contribution in [-0.4, -0.2) is 35.0 Å². The van der Waals surface area contributed by atoms with Gasteiger partial charge in [0.1, 0.15) is 21.7 Å². The summed E-state index contributed by atoms with van der Waals surface area (Å²) in [5.41, 5.74) is 3.42. The number of hydrazone groups is 1. The lowest BCUT2D eigenvalue weighted by atomic mass is 10.1. The highest BCUT2D eigenvalue weighted by Gasteiger charge is 2.17. The van der Waals surface area contributed by atoms with Crippen LogP contribution in [0.2, 0.25) is 0 Å². The first-order valence-electron chi connectivity index (χ1n) is 10.0. The molecule has 0 aliphatic carbocycles. The van der Waals surface area contributed by atoms with Crippen LogP contribution in [0.5, 0.6) is 23.0 Å². The highest BCUT2D eigenvalue weighted by molar-refractivity contribution is 9.11. The van der Waals surface area contributed by atoms with E-state index in [-0.39, 0.29) is 34.0 Å². The standard InChI is InChI=1S/C24H17Br2N3O6/c25-16-10-15(21(30)20(26)22(16)31)11-27-29-24(33)17(28-23(32)14-4-2-1-3-5-14)8-13-6-7-18-19(9-13)35-12-34-18/h1-11,30-31H,12H2,(H,28,32)(H,29,33)/b17-8+,27-11+. The van der Waals surface area contributed by atoms with E-state index in [4.69, 9.17) is 9.47 Å². The van der Waals surface area contributed by atoms with Gasteiger partial charge in [-0.25, -0.2) is 5.43 Å². The first-order chi connectivity index (χ1) is 16.8. The highest BCUT2D eigenvalue weighted by Crippen LogP contribution is 2.40. The van der Waals surface area contributed by atoms with Gasteiger partial charge in [-0.05, 0) is 73.8 Å². The first kappa shape index (κ1) is 24.3. The minimum absolute atomic E-state index is 0.0677. The van der Waals surface area contributed by atoms with Crippen LogP contribution in [0.1, 0.15) is 21.5 Å². The maximum Gasteiger partial charge on any atom is 0.287 e. The Labute approximate surface area is 216 Å². The summed E-state index contributed by atoms with van der Waals surface area (Å²) in [5.74, 6) is -0.541. The Bertz CT molecular complexity index is 1360. The highest BCUT2D eigenvalue weighted by atomic mass is 79.9. The van der Waals surface area contributed by atoms with E-state index in [9.17, 15) is 19.8 Å². The molecule has 3 aromatic rings. The molecule has 35 heavy (non-hydrogen) atoms. The predicted octanol–water partition coefficient (Wildman–Crippen LogP) is 4.27. The van der Waals surface area contributed by atoms with Crippen LogP contribution in [0.25, 0.3) is 6.08 Å². The first-order valence-corrected chi connectivity index (χ1v) is 11.6. The third kappa shape index (κ3) is 5.64. The van der Waals surface area contributed by atoms with Gasteiger partial charge in [0.15, 0.2) is 11.5 Å². The lowest BCUT2D eigenvalue weighted by Gasteiger charge is -2.10. The minimum atomic E-state index is -0.709. The Morgan fingerprint density at radius 2 is 1.71 bits per heavy atom. The van der Waals surface area contributed by atoms with Gasteiger partial charge < -0.3 is 25.0 Å². The van der Waals surface area contributed by atoms with Gasteiger partial charge in [-0.1, -0.05) is 24.3 Å². The number of hydrogen-bond donors (Lipinski definition) is 4. The SMILES string of the molecule is O=C(N/N=C/c1cc(Br)c(O)c(Br)c1O)/C(=C\c1ccc2c(c1)OCO2)NC(=O)c1ccccc1. The quantitative estimate of drug-likeness (QED) is 0.189. The molecule has 0 bridgehead atoms. The molecule has 0 aromatic heterocycles. The molecule has 0 saturated carbocycles. The van der Waals surface area contributed by atoms with Crippen LogP contribution in [0.4, 0.5) is 0 Å². The number of rotatable bonds is 6. The smallest absolute Gasteiger partial charge is 0.287 e. The van der Waals surface area contributed by atoms with Crippen molar-refractivity contribution in [1.29, 1.82) is 0 Å². The lowest BCUT2D eigenvalue weighted by molar-refractivity contribution is -0.117. The number of phenols is 2. The number of carbonyl (C=O) groups is 2. The number of carbonyl (C=O) groups excluding carboxylic acids is 2. The predicted molar refractivity (Wildman–Crippen MR) is 135 cm³/mol. The molecular weight excluding hydrogens is 586 g/mol. The van der Waals surface area contributed by atoms with Crippen LogP contribution in [0, 0.1) is 0 Å². The zero-order valence-electron chi connectivity index (χ0n) is 17.8. The van der Waals surface area contributed by atoms with Gasteiger partial charge in [-0.2, -0.15) is 5.10 Å². The van der Waals surface area contributed by atoms with Crippen molar-refractivity contribution in [2.24, 2.45) is 5.10 Å². The third-order valence-electron chi connectivity index (χ3n) is 4.80. The summed E-state index contributed by atoms with van der Waals surface area (Å²) in [7, 11) is 0. The number of phenolic OH excluding ortho intramolecular Hbond substituents is 2. The van der Waals surface area contributed by atoms with E-state index in [2.05, 4.69) is 47.7 Å². The summed E-state index contributed by atoms with van der Waals surface area (Å²) >= 11 is 6.24. The van der Waals surface area contributed by atoms with Crippen molar-refractivity contribution in [3.05, 3.63) is 85.9 Å². The van der Waals surface area contributed by atoms with Crippen LogP contribution in [0.15, 0.2) is 74.3 Å². The largest absolute Gasteiger partial charge is 0.506 e. The molecule has 1 aliphatic heterocycles. The van der Waals surface area contributed by atoms with Crippen molar-refractivity contribution >= 4 is 56.0 Å². The Morgan fingerprint density at radius 1 is 0.971 bits per heavy atom. The monoisotopic (exact) mass is 601 g/mol. The van der Waals surface area contributed by atoms with Crippen molar-refractivity contribution in [3.8, 4) is 23.0 Å². The average Bonchev–Trinajstić information content (AvgIpc) is 3.33. The molecule has 3 aromatic carbocycles. The fraction of sp³-hybridized carbons (Fsp3) is 0.0417. The molecule has 0 unspecified atom stereocenters. The van der Waals surface area contributed by atoms with Gasteiger partial charge >= 0.3 is 0 Å². The molecule has 0 fully saturated rings. The van der Waals surface area contributed by atoms with E-state index >= 15 is 0 Å². The molecule has 4 N–H and O–H groups in total. The van der Waals surface area contributed by atoms with Gasteiger partial charge in [-0.15, -0.1) is 0 Å². The number of nitrogens with zero attached hydrogens (tertiary/aromatic N) is 1. The normalized spacial score (nSPS) is 12.6. The van der Waals surface area contributed by atoms with E-state index in [0.717, 1.165) is 0 Å². The topological polar surface area (TPSA) is 129 Å². The van der Waals surface area contributed by atoms with E-state index in [1.165, 1.54) is 18.4 Å². The van der Waals surface area contributed by atoms with Gasteiger partial charge in [0.25, 0.3) is 11.8 Å². The number of halogens is 2. The second-order valence-corrected chi connectivity index (χ2v) is 8.80. The molecule has 1 heterocycles. The van der Waals surface area contributed by atoms with Crippen LogP contribution >= 0.6 is 31.9 Å². The van der Waals surface area contributed by atoms with E-state index in [0.29, 0.717) is 27.1 Å². The van der Waals surface area contributed by atoms with Crippen molar-refractivity contribution in [2.75, 3.05) is 6.79 Å². The van der Waals surface area contributed by atoms with Gasteiger partial charge in [0, 0.05) is 11.1 Å². The molecule has 178 valence electrons. The zero-order chi connectivity index (χ0) is 24.9. The van der Waals surface area contributed by atoms with Crippen molar-refractivity contribution in [2.45, 2.75) is 0 Å². The molecule has 0 atom stereocenters. The summed E-state index contributed by atoms with van der Waals surface area (Å²) in [6, 6.07) is 14.9. The number of ether oxygens (including phenoxy) is 2. The summed E-state index contributed by atoms with van der Waals surface area (Å²) in [6.45, 7) is 0.103. The average molecular weight is 603 g/mol. The molecule has 4 rings (SSSR count). The van der Waals surface area contributed by atoms with E-state index in [1.54, 1.807) is 48.5 Å². The molecule has 0 spiro atoms. The Balaban J connectivity index is 1.58. The molecule has 0 saturated heterocycles. The van der Waals surface area contributed by atoms with Crippen LogP contribution in [0.3, 0.4) is 0 Å². The Morgan fingerprint density at radius 3 is 2.49 bits per heavy atom. The number of amides is 2. The van der Waals surface area contributed by atoms with E-state index < -0.39 is 11.8 Å². The van der Waals surface area contributed by atoms with Gasteiger partial charge in [-0.3, -0.25) is 9.59 Å². The van der Waals surface area contributed by atoms with Crippen molar-refractivity contribution in [3.63, 3.8) is 0 Å². The van der Waals surface area contributed by atoms with Gasteiger partial charge in [0.2, 0.25) is 6.79 Å². The second-order valence-electron chi connectivity index (χ2n) is 7.15. The fourth-order valence-corrected chi connectivity index (χ4v) is 4.20. The number of nitrogens with one attached hydrogen (secondary N) is 2. The van der Waals surface area contributed by atoms with Crippen LogP contribution < -0.4 is 20.2 Å². The minimum Gasteiger partial charge on any atom is -0.506 e. The van der Waals surface area contributed by atoms with Crippen LogP contribution in [-0.2, 0) is 4.79 Å². The molecular formula is C24H17Br2N3O6. The number of benzene rings is 3. The van der Waals surface area contributed by atoms with E-state index in [1.807, 2.05) is 0 Å². The number of aromatic hydroxyl groups is 2. The molecule has 11 heteroatoms. The summed E-state index contributed by atoms with van der Waals surface area (Å²) in [4.78, 5) is 25.6. The maximum absolute atomic E-state index is 12.9. The third-order valence-corrected chi connectivity index (χ3v) is 6.16. The Hall–Kier alpha value is -3.83. The fourth-order valence-electron chi connectivity index (χ4n) is 3.05. The van der Waals surface area contributed by atoms with Crippen molar-refractivity contribution < 1.29 is 29.3 Å². The molecule has 2 amide bonds. The summed E-state index contributed by atoms with van der Waals surface area (Å²) in [5, 5.41) is 26.5. The Kier molecular flexibility index (Phi) is 7.37. The maximum atomic E-state index is 12.9. The lowest BCUT2D eigenvalue weighted by Crippen LogP contribution is -2.32. The summed E-state index contributed by atoms with van der Waals surface area (Å²) < 4.78 is 11.1. The summed E-state index contributed by atoms with van der Waals surface area (Å²) in [6.07, 6.45) is 2.66. The zero-order valence-corrected chi connectivity index (χ0v) is 21.0. The number of fused-ring (bicyclic) bond motifs is 1. The molecule has 1 aliphatic rings. The number of hydrogen-bond acceptors (Lipinski definition) is 7. The second kappa shape index (κ2) is 10.6. The van der Waals surface area contributed by atoms with Crippen molar-refractivity contribution in [1.82, 2.24) is 10.7 Å².